The number of carbonyl (C=O) groups is 2. The minimum Gasteiger partial charge on any atom is -0.483 e. The van der Waals surface area contributed by atoms with Gasteiger partial charge in [0, 0.05) is 67.1 Å². The van der Waals surface area contributed by atoms with Crippen molar-refractivity contribution in [3.05, 3.63) is 58.5 Å². The van der Waals surface area contributed by atoms with Crippen molar-refractivity contribution in [2.75, 3.05) is 26.7 Å². The molecule has 0 atom stereocenters. The molecule has 0 unspecified atom stereocenters. The number of likely N-dealkylation sites (N-methyl/N-ethyl adjacent to an activating group) is 1. The molecule has 5 rings (SSSR count). The Bertz CT molecular complexity index is 1060. The lowest BCUT2D eigenvalue weighted by atomic mass is 10.0. The van der Waals surface area contributed by atoms with Crippen LogP contribution < -0.4 is 0 Å². The van der Waals surface area contributed by atoms with E-state index in [9.17, 15) is 4.79 Å². The third-order valence-electron chi connectivity index (χ3n) is 5.88. The number of rotatable bonds is 2. The first kappa shape index (κ1) is 20.8. The number of aromatic nitrogens is 4. The number of nitrogens with zero attached hydrogens (tertiary/aromatic N) is 4. The summed E-state index contributed by atoms with van der Waals surface area (Å²) < 4.78 is 0. The van der Waals surface area contributed by atoms with Gasteiger partial charge in [0.25, 0.3) is 12.4 Å². The first-order valence-electron chi connectivity index (χ1n) is 10.4. The van der Waals surface area contributed by atoms with Crippen LogP contribution in [-0.2, 0) is 30.6 Å². The van der Waals surface area contributed by atoms with Gasteiger partial charge in [0.2, 0.25) is 0 Å². The highest BCUT2D eigenvalue weighted by molar-refractivity contribution is 5.94. The van der Waals surface area contributed by atoms with Gasteiger partial charge >= 0.3 is 0 Å². The Morgan fingerprint density at radius 3 is 2.42 bits per heavy atom. The zero-order valence-electron chi connectivity index (χ0n) is 17.5. The van der Waals surface area contributed by atoms with Crippen molar-refractivity contribution >= 4 is 12.4 Å². The fourth-order valence-corrected chi connectivity index (χ4v) is 4.28. The van der Waals surface area contributed by atoms with Gasteiger partial charge in [0.1, 0.15) is 0 Å². The molecule has 162 valence electrons. The van der Waals surface area contributed by atoms with Crippen molar-refractivity contribution in [2.24, 2.45) is 0 Å². The molecule has 0 saturated carbocycles. The van der Waals surface area contributed by atoms with Gasteiger partial charge in [0.15, 0.2) is 5.69 Å². The van der Waals surface area contributed by atoms with E-state index in [4.69, 9.17) is 9.90 Å². The van der Waals surface area contributed by atoms with Crippen molar-refractivity contribution in [3.8, 4) is 11.3 Å². The zero-order valence-corrected chi connectivity index (χ0v) is 17.5. The Labute approximate surface area is 180 Å². The first-order chi connectivity index (χ1) is 15.1. The maximum Gasteiger partial charge on any atom is 0.290 e. The number of carboxylic acid groups (broad SMARTS) is 1. The van der Waals surface area contributed by atoms with Crippen LogP contribution in [0.5, 0.6) is 0 Å². The molecule has 0 radical (unpaired) electrons. The second-order valence-corrected chi connectivity index (χ2v) is 7.81. The van der Waals surface area contributed by atoms with Crippen molar-refractivity contribution < 1.29 is 14.7 Å². The minimum atomic E-state index is -0.250. The van der Waals surface area contributed by atoms with Crippen LogP contribution >= 0.6 is 0 Å². The van der Waals surface area contributed by atoms with Gasteiger partial charge in [-0.15, -0.1) is 0 Å². The van der Waals surface area contributed by atoms with Crippen LogP contribution in [0, 0.1) is 0 Å². The molecule has 2 aliphatic heterocycles. The molecule has 1 aromatic carbocycles. The SMILES string of the molecule is CN1CCc2[nH]nc(C(=O)N3CCc4[nH]nc(-c5ccccc5)c4CC3)c2C1.O=CO. The topological polar surface area (TPSA) is 118 Å². The third-order valence-corrected chi connectivity index (χ3v) is 5.88. The summed E-state index contributed by atoms with van der Waals surface area (Å²) in [6.07, 6.45) is 2.50. The summed E-state index contributed by atoms with van der Waals surface area (Å²) >= 11 is 0. The van der Waals surface area contributed by atoms with E-state index in [2.05, 4.69) is 44.5 Å². The largest absolute Gasteiger partial charge is 0.483 e. The van der Waals surface area contributed by atoms with E-state index in [0.717, 1.165) is 60.6 Å². The summed E-state index contributed by atoms with van der Waals surface area (Å²) in [6, 6.07) is 10.2. The van der Waals surface area contributed by atoms with Gasteiger partial charge in [-0.05, 0) is 13.5 Å². The Morgan fingerprint density at radius 1 is 1.00 bits per heavy atom. The molecule has 2 aliphatic rings. The van der Waals surface area contributed by atoms with Crippen molar-refractivity contribution in [1.29, 1.82) is 0 Å². The second kappa shape index (κ2) is 9.13. The number of fused-ring (bicyclic) bond motifs is 2. The van der Waals surface area contributed by atoms with E-state index in [1.807, 2.05) is 23.1 Å². The number of hydrogen-bond acceptors (Lipinski definition) is 5. The van der Waals surface area contributed by atoms with Crippen LogP contribution in [0.3, 0.4) is 0 Å². The third kappa shape index (κ3) is 4.22. The van der Waals surface area contributed by atoms with Crippen LogP contribution in [-0.4, -0.2) is 74.4 Å². The van der Waals surface area contributed by atoms with Crippen LogP contribution in [0.2, 0.25) is 0 Å². The summed E-state index contributed by atoms with van der Waals surface area (Å²) in [5.41, 5.74) is 7.25. The molecule has 3 N–H and O–H groups in total. The van der Waals surface area contributed by atoms with Crippen molar-refractivity contribution in [1.82, 2.24) is 30.2 Å². The van der Waals surface area contributed by atoms with Crippen LogP contribution in [0.4, 0.5) is 0 Å². The van der Waals surface area contributed by atoms with E-state index in [0.29, 0.717) is 18.8 Å². The van der Waals surface area contributed by atoms with Gasteiger partial charge in [-0.2, -0.15) is 10.2 Å². The molecular formula is C22H26N6O3. The first-order valence-corrected chi connectivity index (χ1v) is 10.4. The molecule has 0 fully saturated rings. The lowest BCUT2D eigenvalue weighted by molar-refractivity contribution is -0.122. The molecule has 0 saturated heterocycles. The molecule has 4 heterocycles. The average molecular weight is 422 g/mol. The monoisotopic (exact) mass is 422 g/mol. The standard InChI is InChI=1S/C21H24N6O.CH2O2/c1-26-10-8-18-16(13-26)20(25-23-18)21(28)27-11-7-15-17(9-12-27)22-24-19(15)14-5-3-2-4-6-14;2-1-3/h2-6H,7-13H2,1H3,(H,22,24)(H,23,25);1H,(H,2,3). The fourth-order valence-electron chi connectivity index (χ4n) is 4.28. The molecule has 0 bridgehead atoms. The number of aromatic amines is 2. The smallest absolute Gasteiger partial charge is 0.290 e. The lowest BCUT2D eigenvalue weighted by Gasteiger charge is -2.24. The molecule has 9 nitrogen and oxygen atoms in total. The maximum atomic E-state index is 13.2. The highest BCUT2D eigenvalue weighted by Gasteiger charge is 2.29. The Hall–Kier alpha value is -3.46. The summed E-state index contributed by atoms with van der Waals surface area (Å²) in [5.74, 6) is 0.0344. The van der Waals surface area contributed by atoms with E-state index in [-0.39, 0.29) is 12.4 Å². The van der Waals surface area contributed by atoms with E-state index >= 15 is 0 Å². The normalized spacial score (nSPS) is 15.8. The van der Waals surface area contributed by atoms with Gasteiger partial charge in [-0.1, -0.05) is 30.3 Å². The molecule has 0 aliphatic carbocycles. The zero-order chi connectivity index (χ0) is 21.8. The number of nitrogens with one attached hydrogen (secondary N) is 2. The summed E-state index contributed by atoms with van der Waals surface area (Å²) in [6.45, 7) is 2.89. The number of hydrogen-bond donors (Lipinski definition) is 3. The minimum absolute atomic E-state index is 0.0344. The molecule has 1 amide bonds. The van der Waals surface area contributed by atoms with Crippen LogP contribution in [0.1, 0.15) is 33.0 Å². The molecule has 2 aromatic heterocycles. The summed E-state index contributed by atoms with van der Waals surface area (Å²) in [4.78, 5) is 25.8. The lowest BCUT2D eigenvalue weighted by Crippen LogP contribution is -2.35. The predicted molar refractivity (Wildman–Crippen MR) is 115 cm³/mol. The molecule has 9 heteroatoms. The van der Waals surface area contributed by atoms with Crippen molar-refractivity contribution in [2.45, 2.75) is 25.8 Å². The molecule has 0 spiro atoms. The van der Waals surface area contributed by atoms with Crippen LogP contribution in [0.25, 0.3) is 11.3 Å². The quantitative estimate of drug-likeness (QED) is 0.542. The Kier molecular flexibility index (Phi) is 6.13. The van der Waals surface area contributed by atoms with Gasteiger partial charge in [0.05, 0.1) is 5.69 Å². The fraction of sp³-hybridized carbons (Fsp3) is 0.364. The van der Waals surface area contributed by atoms with Crippen LogP contribution in [0.15, 0.2) is 30.3 Å². The van der Waals surface area contributed by atoms with Crippen molar-refractivity contribution in [3.63, 3.8) is 0 Å². The average Bonchev–Trinajstić information content (AvgIpc) is 3.32. The van der Waals surface area contributed by atoms with Gasteiger partial charge in [-0.3, -0.25) is 19.8 Å². The van der Waals surface area contributed by atoms with E-state index < -0.39 is 0 Å². The number of amides is 1. The summed E-state index contributed by atoms with van der Waals surface area (Å²) in [7, 11) is 2.08. The van der Waals surface area contributed by atoms with E-state index in [1.165, 1.54) is 5.56 Å². The molecule has 3 aromatic rings. The molecule has 31 heavy (non-hydrogen) atoms. The summed E-state index contributed by atoms with van der Waals surface area (Å²) in [5, 5.41) is 22.1. The number of carbonyl (C=O) groups excluding carboxylic acids is 1. The molecular weight excluding hydrogens is 396 g/mol. The Balaban J connectivity index is 0.000000730. The highest BCUT2D eigenvalue weighted by Crippen LogP contribution is 2.27. The number of H-pyrrole nitrogens is 2. The number of benzene rings is 1. The maximum absolute atomic E-state index is 13.2. The predicted octanol–water partition coefficient (Wildman–Crippen LogP) is 1.73. The Morgan fingerprint density at radius 2 is 1.65 bits per heavy atom. The van der Waals surface area contributed by atoms with Gasteiger partial charge in [-0.25, -0.2) is 0 Å². The van der Waals surface area contributed by atoms with Gasteiger partial charge < -0.3 is 14.9 Å². The second-order valence-electron chi connectivity index (χ2n) is 7.81. The highest BCUT2D eigenvalue weighted by atomic mass is 16.3. The van der Waals surface area contributed by atoms with E-state index in [1.54, 1.807) is 0 Å².